The van der Waals surface area contributed by atoms with Gasteiger partial charge in [0.2, 0.25) is 0 Å². The molecule has 2 fully saturated rings. The Hall–Kier alpha value is -0.640. The monoisotopic (exact) mass is 251 g/mol. The molecule has 3 unspecified atom stereocenters. The van der Waals surface area contributed by atoms with Crippen molar-refractivity contribution in [3.63, 3.8) is 0 Å². The van der Waals surface area contributed by atoms with Crippen LogP contribution in [0.25, 0.3) is 0 Å². The van der Waals surface area contributed by atoms with E-state index in [1.165, 1.54) is 19.3 Å². The summed E-state index contributed by atoms with van der Waals surface area (Å²) in [4.78, 5) is 4.01. The summed E-state index contributed by atoms with van der Waals surface area (Å²) in [6.45, 7) is 0. The van der Waals surface area contributed by atoms with Gasteiger partial charge in [0.25, 0.3) is 0 Å². The third-order valence-corrected chi connectivity index (χ3v) is 4.70. The molecule has 0 spiro atoms. The fraction of sp³-hybridized carbons (Fsp3) is 0.615. The molecule has 0 radical (unpaired) electrons. The number of hydrogen-bond donors (Lipinski definition) is 2. The van der Waals surface area contributed by atoms with Gasteiger partial charge in [0.1, 0.15) is 0 Å². The van der Waals surface area contributed by atoms with Gasteiger partial charge in [0.05, 0.1) is 5.02 Å². The van der Waals surface area contributed by atoms with Crippen LogP contribution >= 0.6 is 11.6 Å². The number of rotatable bonds is 4. The summed E-state index contributed by atoms with van der Waals surface area (Å²) in [5.41, 5.74) is 4.13. The first-order chi connectivity index (χ1) is 8.28. The maximum atomic E-state index is 6.14. The molecule has 3 nitrogen and oxygen atoms in total. The minimum absolute atomic E-state index is 0.350. The summed E-state index contributed by atoms with van der Waals surface area (Å²) in [7, 11) is 0. The van der Waals surface area contributed by atoms with Crippen molar-refractivity contribution in [2.24, 2.45) is 23.6 Å². The molecular formula is C13H18ClN3. The quantitative estimate of drug-likeness (QED) is 0.637. The average molecular weight is 252 g/mol. The number of hydrogen-bond acceptors (Lipinski definition) is 3. The molecule has 3 atom stereocenters. The second-order valence-electron chi connectivity index (χ2n) is 5.43. The molecule has 1 aromatic rings. The van der Waals surface area contributed by atoms with Crippen molar-refractivity contribution in [3.8, 4) is 0 Å². The van der Waals surface area contributed by atoms with Gasteiger partial charge in [0, 0.05) is 18.4 Å². The van der Waals surface area contributed by atoms with Crippen molar-refractivity contribution in [1.29, 1.82) is 0 Å². The van der Waals surface area contributed by atoms with Crippen LogP contribution in [0.15, 0.2) is 18.5 Å². The van der Waals surface area contributed by atoms with Crippen LogP contribution in [0.3, 0.4) is 0 Å². The van der Waals surface area contributed by atoms with Crippen LogP contribution < -0.4 is 11.3 Å². The highest BCUT2D eigenvalue weighted by Crippen LogP contribution is 2.55. The number of hydrazine groups is 1. The maximum absolute atomic E-state index is 6.14. The predicted molar refractivity (Wildman–Crippen MR) is 68.4 cm³/mol. The van der Waals surface area contributed by atoms with Crippen molar-refractivity contribution in [2.75, 3.05) is 0 Å². The van der Waals surface area contributed by atoms with Gasteiger partial charge in [-0.3, -0.25) is 16.3 Å². The second-order valence-corrected chi connectivity index (χ2v) is 5.84. The van der Waals surface area contributed by atoms with E-state index in [0.717, 1.165) is 28.8 Å². The van der Waals surface area contributed by atoms with Gasteiger partial charge in [0.15, 0.2) is 0 Å². The standard InChI is InChI=1S/C13H18ClN3/c14-12-7-16-2-1-8(12)6-13(17-15)11-4-9-3-10(9)5-11/h1-2,7,9-11,13,17H,3-6,15H2. The zero-order valence-electron chi connectivity index (χ0n) is 9.77. The van der Waals surface area contributed by atoms with E-state index in [-0.39, 0.29) is 0 Å². The van der Waals surface area contributed by atoms with Crippen LogP contribution in [0.4, 0.5) is 0 Å². The lowest BCUT2D eigenvalue weighted by Gasteiger charge is -2.24. The molecule has 2 saturated carbocycles. The number of nitrogens with two attached hydrogens (primary N) is 1. The highest BCUT2D eigenvalue weighted by Gasteiger charge is 2.47. The van der Waals surface area contributed by atoms with E-state index in [9.17, 15) is 0 Å². The molecule has 0 aromatic carbocycles. The molecule has 0 saturated heterocycles. The van der Waals surface area contributed by atoms with Crippen molar-refractivity contribution < 1.29 is 0 Å². The summed E-state index contributed by atoms with van der Waals surface area (Å²) in [5, 5.41) is 0.746. The van der Waals surface area contributed by atoms with Crippen LogP contribution in [0.5, 0.6) is 0 Å². The first-order valence-electron chi connectivity index (χ1n) is 6.32. The fourth-order valence-electron chi connectivity index (χ4n) is 3.26. The molecular weight excluding hydrogens is 234 g/mol. The molecule has 2 aliphatic carbocycles. The third-order valence-electron chi connectivity index (χ3n) is 4.36. The normalized spacial score (nSPS) is 32.2. The summed E-state index contributed by atoms with van der Waals surface area (Å²) in [6, 6.07) is 2.34. The molecule has 0 aliphatic heterocycles. The summed E-state index contributed by atoms with van der Waals surface area (Å²) in [5.74, 6) is 8.40. The number of nitrogens with zero attached hydrogens (tertiary/aromatic N) is 1. The lowest BCUT2D eigenvalue weighted by Crippen LogP contribution is -2.42. The van der Waals surface area contributed by atoms with Gasteiger partial charge >= 0.3 is 0 Å². The Morgan fingerprint density at radius 1 is 1.41 bits per heavy atom. The number of fused-ring (bicyclic) bond motifs is 1. The smallest absolute Gasteiger partial charge is 0.0621 e. The van der Waals surface area contributed by atoms with Crippen molar-refractivity contribution >= 4 is 11.6 Å². The molecule has 92 valence electrons. The lowest BCUT2D eigenvalue weighted by atomic mass is 9.90. The third kappa shape index (κ3) is 2.32. The second kappa shape index (κ2) is 4.56. The van der Waals surface area contributed by atoms with E-state index in [1.807, 2.05) is 6.07 Å². The summed E-state index contributed by atoms with van der Waals surface area (Å²) in [6.07, 6.45) is 8.52. The SMILES string of the molecule is NNC(Cc1ccncc1Cl)C1CC2CC2C1. The fourth-order valence-corrected chi connectivity index (χ4v) is 3.45. The largest absolute Gasteiger partial charge is 0.271 e. The number of pyridine rings is 1. The molecule has 0 amide bonds. The van der Waals surface area contributed by atoms with Gasteiger partial charge in [-0.2, -0.15) is 0 Å². The van der Waals surface area contributed by atoms with Gasteiger partial charge in [-0.05, 0) is 55.1 Å². The number of halogens is 1. The number of nitrogens with one attached hydrogen (secondary N) is 1. The van der Waals surface area contributed by atoms with E-state index < -0.39 is 0 Å². The van der Waals surface area contributed by atoms with Gasteiger partial charge in [-0.25, -0.2) is 0 Å². The van der Waals surface area contributed by atoms with Gasteiger partial charge in [-0.1, -0.05) is 11.6 Å². The zero-order chi connectivity index (χ0) is 11.8. The Kier molecular flexibility index (Phi) is 3.07. The van der Waals surface area contributed by atoms with Gasteiger partial charge in [-0.15, -0.1) is 0 Å². The zero-order valence-corrected chi connectivity index (χ0v) is 10.5. The van der Waals surface area contributed by atoms with E-state index in [4.69, 9.17) is 17.4 Å². The highest BCUT2D eigenvalue weighted by atomic mass is 35.5. The topological polar surface area (TPSA) is 50.9 Å². The first kappa shape index (κ1) is 11.5. The Balaban J connectivity index is 1.67. The summed E-state index contributed by atoms with van der Waals surface area (Å²) < 4.78 is 0. The molecule has 1 heterocycles. The minimum atomic E-state index is 0.350. The number of aromatic nitrogens is 1. The lowest BCUT2D eigenvalue weighted by molar-refractivity contribution is 0.336. The molecule has 2 aliphatic rings. The van der Waals surface area contributed by atoms with Crippen LogP contribution in [0.2, 0.25) is 5.02 Å². The molecule has 4 heteroatoms. The molecule has 0 bridgehead atoms. The van der Waals surface area contributed by atoms with E-state index in [2.05, 4.69) is 10.4 Å². The van der Waals surface area contributed by atoms with E-state index >= 15 is 0 Å². The molecule has 1 aromatic heterocycles. The Morgan fingerprint density at radius 2 is 2.18 bits per heavy atom. The van der Waals surface area contributed by atoms with Crippen LogP contribution in [0.1, 0.15) is 24.8 Å². The Morgan fingerprint density at radius 3 is 2.82 bits per heavy atom. The van der Waals surface area contributed by atoms with Crippen LogP contribution in [-0.2, 0) is 6.42 Å². The van der Waals surface area contributed by atoms with E-state index in [0.29, 0.717) is 12.0 Å². The van der Waals surface area contributed by atoms with Crippen LogP contribution in [-0.4, -0.2) is 11.0 Å². The van der Waals surface area contributed by atoms with Crippen molar-refractivity contribution in [3.05, 3.63) is 29.0 Å². The maximum Gasteiger partial charge on any atom is 0.0621 e. The molecule has 17 heavy (non-hydrogen) atoms. The highest BCUT2D eigenvalue weighted by molar-refractivity contribution is 6.31. The Bertz CT molecular complexity index is 399. The van der Waals surface area contributed by atoms with E-state index in [1.54, 1.807) is 12.4 Å². The average Bonchev–Trinajstić information content (AvgIpc) is 2.95. The van der Waals surface area contributed by atoms with Crippen molar-refractivity contribution in [2.45, 2.75) is 31.7 Å². The summed E-state index contributed by atoms with van der Waals surface area (Å²) >= 11 is 6.14. The Labute approximate surface area is 107 Å². The minimum Gasteiger partial charge on any atom is -0.271 e. The van der Waals surface area contributed by atoms with Crippen LogP contribution in [0, 0.1) is 17.8 Å². The first-order valence-corrected chi connectivity index (χ1v) is 6.70. The van der Waals surface area contributed by atoms with Gasteiger partial charge < -0.3 is 0 Å². The molecule has 3 rings (SSSR count). The van der Waals surface area contributed by atoms with Crippen molar-refractivity contribution in [1.82, 2.24) is 10.4 Å². The predicted octanol–water partition coefficient (Wildman–Crippen LogP) is 2.16. The molecule has 3 N–H and O–H groups in total.